The molecule has 1 aliphatic rings. The highest BCUT2D eigenvalue weighted by Crippen LogP contribution is 2.45. The number of rotatable bonds is 3. The lowest BCUT2D eigenvalue weighted by Gasteiger charge is -2.20. The normalized spacial score (nSPS) is 13.5. The molecule has 2 heteroatoms. The largest absolute Gasteiger partial charge is 0.456 e. The van der Waals surface area contributed by atoms with E-state index in [1.54, 1.807) is 0 Å². The quantitative estimate of drug-likeness (QED) is 0.173. The zero-order chi connectivity index (χ0) is 32.8. The molecule has 8 aromatic carbocycles. The van der Waals surface area contributed by atoms with Crippen LogP contribution in [0.3, 0.4) is 0 Å². The highest BCUT2D eigenvalue weighted by atomic mass is 32.1. The predicted octanol–water partition coefficient (Wildman–Crippen LogP) is 14.5. The number of furan rings is 1. The number of allylic oxidation sites excluding steroid dienone is 4. The Morgan fingerprint density at radius 2 is 1.14 bits per heavy atom. The van der Waals surface area contributed by atoms with E-state index >= 15 is 0 Å². The number of para-hydroxylation sites is 1. The maximum atomic E-state index is 6.28. The maximum absolute atomic E-state index is 6.28. The van der Waals surface area contributed by atoms with Gasteiger partial charge in [0.15, 0.2) is 0 Å². The molecule has 0 unspecified atom stereocenters. The minimum atomic E-state index is 0.939. The number of fused-ring (bicyclic) bond motifs is 10. The SMILES string of the molecule is C1=CCCC(c2c3ccccc3c(-c3ccc(-c4ccc5sc6c7cc8oc9ccccc9c8cc7ccc6c5c4)cc3)c3ccccc23)=C1. The van der Waals surface area contributed by atoms with E-state index in [9.17, 15) is 0 Å². The van der Waals surface area contributed by atoms with E-state index in [0.29, 0.717) is 0 Å². The van der Waals surface area contributed by atoms with Crippen LogP contribution in [-0.2, 0) is 0 Å². The molecule has 0 spiro atoms. The van der Waals surface area contributed by atoms with Gasteiger partial charge in [-0.25, -0.2) is 0 Å². The van der Waals surface area contributed by atoms with Crippen LogP contribution < -0.4 is 0 Å². The van der Waals surface area contributed by atoms with Gasteiger partial charge in [-0.15, -0.1) is 11.3 Å². The molecule has 0 atom stereocenters. The van der Waals surface area contributed by atoms with Gasteiger partial charge >= 0.3 is 0 Å². The van der Waals surface area contributed by atoms with Gasteiger partial charge in [0.1, 0.15) is 11.2 Å². The fourth-order valence-electron chi connectivity index (χ4n) is 8.38. The Morgan fingerprint density at radius 3 is 1.88 bits per heavy atom. The van der Waals surface area contributed by atoms with Crippen LogP contribution in [0, 0.1) is 0 Å². The van der Waals surface area contributed by atoms with Crippen molar-refractivity contribution in [2.45, 2.75) is 12.8 Å². The summed E-state index contributed by atoms with van der Waals surface area (Å²) in [6.45, 7) is 0. The summed E-state index contributed by atoms with van der Waals surface area (Å²) in [6, 6.07) is 51.5. The van der Waals surface area contributed by atoms with Crippen molar-refractivity contribution in [2.75, 3.05) is 0 Å². The van der Waals surface area contributed by atoms with Gasteiger partial charge in [-0.2, -0.15) is 0 Å². The number of benzene rings is 8. The smallest absolute Gasteiger partial charge is 0.136 e. The van der Waals surface area contributed by atoms with E-state index in [1.807, 2.05) is 17.4 Å². The molecule has 0 amide bonds. The summed E-state index contributed by atoms with van der Waals surface area (Å²) < 4.78 is 8.90. The molecule has 0 bridgehead atoms. The molecule has 0 fully saturated rings. The molecule has 0 N–H and O–H groups in total. The molecule has 11 rings (SSSR count). The van der Waals surface area contributed by atoms with Crippen LogP contribution >= 0.6 is 11.3 Å². The summed E-state index contributed by atoms with van der Waals surface area (Å²) in [4.78, 5) is 0. The first-order valence-electron chi connectivity index (χ1n) is 17.4. The van der Waals surface area contributed by atoms with Crippen LogP contribution in [0.15, 0.2) is 162 Å². The Bertz CT molecular complexity index is 3020. The van der Waals surface area contributed by atoms with E-state index < -0.39 is 0 Å². The average Bonchev–Trinajstić information content (AvgIpc) is 3.74. The first-order chi connectivity index (χ1) is 24.8. The fourth-order valence-corrected chi connectivity index (χ4v) is 9.59. The lowest BCUT2D eigenvalue weighted by molar-refractivity contribution is 0.669. The second-order valence-corrected chi connectivity index (χ2v) is 14.6. The van der Waals surface area contributed by atoms with Gasteiger partial charge in [0.25, 0.3) is 0 Å². The van der Waals surface area contributed by atoms with E-state index in [0.717, 1.165) is 24.0 Å². The molecule has 0 radical (unpaired) electrons. The van der Waals surface area contributed by atoms with Crippen molar-refractivity contribution in [1.29, 1.82) is 0 Å². The van der Waals surface area contributed by atoms with Crippen molar-refractivity contribution >= 4 is 91.3 Å². The Labute approximate surface area is 293 Å². The van der Waals surface area contributed by atoms with Crippen LogP contribution in [-0.4, -0.2) is 0 Å². The minimum absolute atomic E-state index is 0.939. The second-order valence-electron chi connectivity index (χ2n) is 13.5. The van der Waals surface area contributed by atoms with Crippen molar-refractivity contribution in [3.05, 3.63) is 163 Å². The minimum Gasteiger partial charge on any atom is -0.456 e. The van der Waals surface area contributed by atoms with E-state index in [4.69, 9.17) is 4.42 Å². The number of hydrogen-bond acceptors (Lipinski definition) is 2. The molecule has 1 aliphatic carbocycles. The van der Waals surface area contributed by atoms with Gasteiger partial charge in [0, 0.05) is 36.3 Å². The van der Waals surface area contributed by atoms with Gasteiger partial charge in [-0.05, 0) is 103 Å². The zero-order valence-electron chi connectivity index (χ0n) is 27.2. The van der Waals surface area contributed by atoms with E-state index in [-0.39, 0.29) is 0 Å². The Kier molecular flexibility index (Phi) is 6.02. The molecular weight excluding hydrogens is 625 g/mol. The molecule has 0 saturated carbocycles. The maximum Gasteiger partial charge on any atom is 0.136 e. The van der Waals surface area contributed by atoms with Crippen LogP contribution in [0.5, 0.6) is 0 Å². The van der Waals surface area contributed by atoms with Gasteiger partial charge < -0.3 is 4.42 Å². The van der Waals surface area contributed by atoms with E-state index in [2.05, 4.69) is 152 Å². The van der Waals surface area contributed by atoms with Crippen molar-refractivity contribution < 1.29 is 4.42 Å². The Hall–Kier alpha value is -5.96. The third-order valence-electron chi connectivity index (χ3n) is 10.7. The molecule has 2 heterocycles. The standard InChI is InChI=1S/C48H30OS/c1-2-10-30(11-3-1)46-35-13-4-6-15-37(35)47(38-16-7-5-14-36(38)46)31-20-18-29(19-21-31)32-23-25-45-42(26-32)39-24-22-33-27-41-34-12-8-9-17-43(34)49-44(41)28-40(33)48(39)50-45/h1-2,4-10,12-28H,3,11H2. The summed E-state index contributed by atoms with van der Waals surface area (Å²) in [5.74, 6) is 0. The van der Waals surface area contributed by atoms with Crippen LogP contribution in [0.1, 0.15) is 18.4 Å². The van der Waals surface area contributed by atoms with Crippen molar-refractivity contribution in [1.82, 2.24) is 0 Å². The summed E-state index contributed by atoms with van der Waals surface area (Å²) in [5.41, 5.74) is 9.71. The first-order valence-corrected chi connectivity index (χ1v) is 18.2. The average molecular weight is 655 g/mol. The molecule has 0 aliphatic heterocycles. The molecular formula is C48H30OS. The third-order valence-corrected chi connectivity index (χ3v) is 11.9. The third kappa shape index (κ3) is 4.12. The lowest BCUT2D eigenvalue weighted by atomic mass is 9.84. The Morgan fingerprint density at radius 1 is 0.460 bits per heavy atom. The monoisotopic (exact) mass is 654 g/mol. The Balaban J connectivity index is 1.04. The lowest BCUT2D eigenvalue weighted by Crippen LogP contribution is -1.95. The van der Waals surface area contributed by atoms with Crippen molar-refractivity contribution in [3.8, 4) is 22.3 Å². The fraction of sp³-hybridized carbons (Fsp3) is 0.0417. The number of hydrogen-bond donors (Lipinski definition) is 0. The van der Waals surface area contributed by atoms with Gasteiger partial charge in [-0.3, -0.25) is 0 Å². The van der Waals surface area contributed by atoms with Gasteiger partial charge in [0.2, 0.25) is 0 Å². The number of thiophene rings is 1. The second kappa shape index (κ2) is 10.8. The molecule has 1 nitrogen and oxygen atoms in total. The summed E-state index contributed by atoms with van der Waals surface area (Å²) in [7, 11) is 0. The van der Waals surface area contributed by atoms with Gasteiger partial charge in [-0.1, -0.05) is 127 Å². The molecule has 2 aromatic heterocycles. The highest BCUT2D eigenvalue weighted by Gasteiger charge is 2.18. The summed E-state index contributed by atoms with van der Waals surface area (Å²) in [6.07, 6.45) is 8.95. The van der Waals surface area contributed by atoms with Crippen molar-refractivity contribution in [3.63, 3.8) is 0 Å². The zero-order valence-corrected chi connectivity index (χ0v) is 28.1. The van der Waals surface area contributed by atoms with E-state index in [1.165, 1.54) is 96.7 Å². The molecule has 50 heavy (non-hydrogen) atoms. The van der Waals surface area contributed by atoms with Crippen LogP contribution in [0.2, 0.25) is 0 Å². The predicted molar refractivity (Wildman–Crippen MR) is 216 cm³/mol. The van der Waals surface area contributed by atoms with Crippen LogP contribution in [0.25, 0.3) is 102 Å². The van der Waals surface area contributed by atoms with Gasteiger partial charge in [0.05, 0.1) is 0 Å². The molecule has 234 valence electrons. The molecule has 0 saturated heterocycles. The topological polar surface area (TPSA) is 13.1 Å². The molecule has 10 aromatic rings. The summed E-state index contributed by atoms with van der Waals surface area (Å²) in [5, 5.41) is 12.7. The summed E-state index contributed by atoms with van der Waals surface area (Å²) >= 11 is 1.87. The van der Waals surface area contributed by atoms with Crippen molar-refractivity contribution in [2.24, 2.45) is 0 Å². The highest BCUT2D eigenvalue weighted by molar-refractivity contribution is 7.26. The van der Waals surface area contributed by atoms with Crippen LogP contribution in [0.4, 0.5) is 0 Å². The first kappa shape index (κ1) is 27.9.